The third-order valence-corrected chi connectivity index (χ3v) is 14.4. The average molecular weight is 799 g/mol. The number of aromatic amines is 2. The number of hydrogen-bond acceptors (Lipinski definition) is 4. The van der Waals surface area contributed by atoms with Crippen LogP contribution < -0.4 is 18.9 Å². The van der Waals surface area contributed by atoms with E-state index in [4.69, 9.17) is 9.97 Å². The van der Waals surface area contributed by atoms with Crippen molar-refractivity contribution in [2.24, 2.45) is 23.7 Å². The van der Waals surface area contributed by atoms with E-state index in [-0.39, 0.29) is 49.0 Å². The Labute approximate surface area is 375 Å². The predicted octanol–water partition coefficient (Wildman–Crippen LogP) is 6.72. The number of aromatic nitrogens is 4. The van der Waals surface area contributed by atoms with Gasteiger partial charge >= 0.3 is 18.9 Å². The Morgan fingerprint density at radius 2 is 1.14 bits per heavy atom. The molecule has 304 valence electrons. The molecule has 4 fully saturated rings. The molecule has 7 nitrogen and oxygen atoms in total. The molecule has 10 rings (SSSR count). The first-order valence-electron chi connectivity index (χ1n) is 21.9. The van der Waals surface area contributed by atoms with Gasteiger partial charge in [-0.25, -0.2) is 9.97 Å². The van der Waals surface area contributed by atoms with Crippen LogP contribution >= 0.6 is 0 Å². The SMILES string of the molecule is CCCCCCN1CC2C(C1)C2(C)c1cccc(-c2nc3ccccc3[nH]2)c1.CCCCCCN1CC2C(C1=O)C2(C)c1cccc(-c2nc3ccccc3[nH]2)c1.[AlH3].[H-].[Li+]. The van der Waals surface area contributed by atoms with Crippen LogP contribution in [0.5, 0.6) is 0 Å². The summed E-state index contributed by atoms with van der Waals surface area (Å²) < 4.78 is 0. The third kappa shape index (κ3) is 8.26. The number of benzene rings is 4. The van der Waals surface area contributed by atoms with Crippen molar-refractivity contribution in [2.45, 2.75) is 89.9 Å². The Morgan fingerprint density at radius 1 is 0.627 bits per heavy atom. The van der Waals surface area contributed by atoms with Gasteiger partial charge in [0.15, 0.2) is 17.4 Å². The molecular formula is C50H64AlLiN6O. The molecule has 59 heavy (non-hydrogen) atoms. The number of unbranched alkanes of at least 4 members (excludes halogenated alkanes) is 6. The first kappa shape index (κ1) is 43.5. The Kier molecular flexibility index (Phi) is 13.4. The van der Waals surface area contributed by atoms with Gasteiger partial charge in [-0.05, 0) is 84.7 Å². The number of H-pyrrole nitrogens is 2. The number of fused-ring (bicyclic) bond motifs is 4. The van der Waals surface area contributed by atoms with E-state index in [0.717, 1.165) is 70.6 Å². The fraction of sp³-hybridized carbons (Fsp3) is 0.460. The van der Waals surface area contributed by atoms with Crippen molar-refractivity contribution >= 4 is 45.3 Å². The van der Waals surface area contributed by atoms with E-state index in [9.17, 15) is 4.79 Å². The molecule has 0 radical (unpaired) electrons. The van der Waals surface area contributed by atoms with Crippen molar-refractivity contribution in [1.82, 2.24) is 29.7 Å². The number of likely N-dealkylation sites (tertiary alicyclic amines) is 2. The van der Waals surface area contributed by atoms with Crippen LogP contribution in [0.2, 0.25) is 0 Å². The number of imidazole rings is 2. The fourth-order valence-electron chi connectivity index (χ4n) is 10.7. The third-order valence-electron chi connectivity index (χ3n) is 14.4. The van der Waals surface area contributed by atoms with Crippen molar-refractivity contribution in [3.8, 4) is 22.8 Å². The van der Waals surface area contributed by atoms with Gasteiger partial charge in [-0.15, -0.1) is 0 Å². The van der Waals surface area contributed by atoms with Gasteiger partial charge in [0.05, 0.1) is 28.0 Å². The zero-order chi connectivity index (χ0) is 39.1. The average Bonchev–Trinajstić information content (AvgIpc) is 3.67. The number of carbonyl (C=O) groups excluding carboxylic acids is 1. The normalized spacial score (nSPS) is 25.2. The van der Waals surface area contributed by atoms with Gasteiger partial charge in [0.1, 0.15) is 11.6 Å². The van der Waals surface area contributed by atoms with Gasteiger partial charge in [0.25, 0.3) is 0 Å². The first-order valence-corrected chi connectivity index (χ1v) is 21.9. The fourth-order valence-corrected chi connectivity index (χ4v) is 10.7. The molecule has 9 heteroatoms. The first-order chi connectivity index (χ1) is 27.8. The van der Waals surface area contributed by atoms with Crippen LogP contribution in [0, 0.1) is 23.7 Å². The van der Waals surface area contributed by atoms with E-state index in [1.54, 1.807) is 0 Å². The maximum absolute atomic E-state index is 13.0. The zero-order valence-corrected chi connectivity index (χ0v) is 35.4. The molecule has 2 aromatic heterocycles. The molecule has 4 aromatic carbocycles. The predicted molar refractivity (Wildman–Crippen MR) is 244 cm³/mol. The van der Waals surface area contributed by atoms with Crippen molar-refractivity contribution in [1.29, 1.82) is 0 Å². The molecule has 2 aliphatic heterocycles. The van der Waals surface area contributed by atoms with Crippen LogP contribution in [0.25, 0.3) is 44.8 Å². The standard InChI is InChI=1S/C25H29N3O.C25H31N3.Al.Li.4H/c1-3-4-5-8-14-28-16-19-22(24(28)29)25(19,2)18-11-9-10-17(15-18)23-26-20-12-6-7-13-21(20)27-23;1-3-4-5-8-14-28-16-20-21(17-28)25(20,2)19-11-9-10-18(15-19)24-26-22-12-6-7-13-23(22)27-24;;;;;;/h6-7,9-13,15,19,22H,3-5,8,14,16H2,1-2H3,(H,26,27);6-7,9-13,15,20-21H,3-5,8,14,16-17H2,1-2H3,(H,26,27);;;;;;/q;;;+1;;;;-1. The van der Waals surface area contributed by atoms with Crippen LogP contribution in [-0.2, 0) is 15.6 Å². The van der Waals surface area contributed by atoms with Crippen LogP contribution in [0.15, 0.2) is 97.1 Å². The van der Waals surface area contributed by atoms with E-state index in [1.165, 1.54) is 81.3 Å². The molecule has 2 aliphatic carbocycles. The Bertz CT molecular complexity index is 2300. The minimum Gasteiger partial charge on any atom is -1.00 e. The quantitative estimate of drug-likeness (QED) is 0.0949. The summed E-state index contributed by atoms with van der Waals surface area (Å²) >= 11 is 0. The van der Waals surface area contributed by atoms with Crippen molar-refractivity contribution in [3.05, 3.63) is 108 Å². The second-order valence-electron chi connectivity index (χ2n) is 17.9. The van der Waals surface area contributed by atoms with Crippen molar-refractivity contribution in [3.63, 3.8) is 0 Å². The Balaban J connectivity index is 0.000000192. The molecular weight excluding hydrogens is 735 g/mol. The summed E-state index contributed by atoms with van der Waals surface area (Å²) in [6, 6.07) is 34.1. The summed E-state index contributed by atoms with van der Waals surface area (Å²) in [7, 11) is 0. The second kappa shape index (κ2) is 18.2. The van der Waals surface area contributed by atoms with Crippen LogP contribution in [0.4, 0.5) is 0 Å². The minimum absolute atomic E-state index is 0. The Hall–Kier alpha value is -3.62. The number of piperidine rings is 2. The van der Waals surface area contributed by atoms with Gasteiger partial charge in [-0.2, -0.15) is 0 Å². The van der Waals surface area contributed by atoms with E-state index in [2.05, 4.69) is 120 Å². The summed E-state index contributed by atoms with van der Waals surface area (Å²) in [6.45, 7) is 15.0. The number of amides is 1. The van der Waals surface area contributed by atoms with Gasteiger partial charge in [0.2, 0.25) is 5.91 Å². The van der Waals surface area contributed by atoms with Crippen LogP contribution in [0.1, 0.15) is 91.6 Å². The molecule has 5 unspecified atom stereocenters. The second-order valence-corrected chi connectivity index (χ2v) is 17.9. The molecule has 4 aliphatic rings. The molecule has 5 atom stereocenters. The number of nitrogens with one attached hydrogen (secondary N) is 2. The minimum atomic E-state index is -0.0287. The molecule has 2 saturated carbocycles. The topological polar surface area (TPSA) is 80.9 Å². The summed E-state index contributed by atoms with van der Waals surface area (Å²) in [4.78, 5) is 34.2. The number of carbonyl (C=O) groups is 1. The van der Waals surface area contributed by atoms with E-state index in [1.807, 2.05) is 24.3 Å². The maximum atomic E-state index is 13.0. The van der Waals surface area contributed by atoms with E-state index in [0.29, 0.717) is 17.2 Å². The van der Waals surface area contributed by atoms with E-state index < -0.39 is 0 Å². The largest absolute Gasteiger partial charge is 1.00 e. The van der Waals surface area contributed by atoms with E-state index >= 15 is 0 Å². The monoisotopic (exact) mass is 799 g/mol. The zero-order valence-electron chi connectivity index (χ0n) is 36.4. The molecule has 6 aromatic rings. The summed E-state index contributed by atoms with van der Waals surface area (Å²) in [5.41, 5.74) is 9.56. The van der Waals surface area contributed by atoms with Gasteiger partial charge in [-0.3, -0.25) is 4.79 Å². The summed E-state index contributed by atoms with van der Waals surface area (Å²) in [5.74, 6) is 4.49. The molecule has 1 amide bonds. The molecule has 4 heterocycles. The molecule has 0 spiro atoms. The molecule has 0 bridgehead atoms. The number of nitrogens with zero attached hydrogens (tertiary/aromatic N) is 4. The van der Waals surface area contributed by atoms with Gasteiger partial charge in [0, 0.05) is 48.1 Å². The van der Waals surface area contributed by atoms with Crippen molar-refractivity contribution in [2.75, 3.05) is 32.7 Å². The number of rotatable bonds is 14. The summed E-state index contributed by atoms with van der Waals surface area (Å²) in [6.07, 6.45) is 10.3. The summed E-state index contributed by atoms with van der Waals surface area (Å²) in [5, 5.41) is 0. The van der Waals surface area contributed by atoms with Gasteiger partial charge in [-0.1, -0.05) is 127 Å². The molecule has 2 saturated heterocycles. The van der Waals surface area contributed by atoms with Crippen molar-refractivity contribution < 1.29 is 25.1 Å². The number of para-hydroxylation sites is 4. The molecule has 2 N–H and O–H groups in total. The van der Waals surface area contributed by atoms with Gasteiger partial charge < -0.3 is 21.2 Å². The van der Waals surface area contributed by atoms with Crippen LogP contribution in [-0.4, -0.2) is 85.7 Å². The maximum Gasteiger partial charge on any atom is 1.00 e. The Morgan fingerprint density at radius 3 is 1.63 bits per heavy atom. The van der Waals surface area contributed by atoms with Crippen LogP contribution in [0.3, 0.4) is 0 Å². The number of hydrogen-bond donors (Lipinski definition) is 2. The smallest absolute Gasteiger partial charge is 1.00 e.